The number of amides is 1. The van der Waals surface area contributed by atoms with Crippen LogP contribution >= 0.6 is 23.4 Å². The van der Waals surface area contributed by atoms with Gasteiger partial charge in [-0.15, -0.1) is 11.8 Å². The molecule has 1 aliphatic rings. The molecule has 1 aromatic rings. The molecule has 0 saturated carbocycles. The fourth-order valence-corrected chi connectivity index (χ4v) is 3.27. The molecule has 0 fully saturated rings. The summed E-state index contributed by atoms with van der Waals surface area (Å²) in [6, 6.07) is 5.52. The molecule has 0 bridgehead atoms. The monoisotopic (exact) mass is 315 g/mol. The van der Waals surface area contributed by atoms with E-state index < -0.39 is 12.6 Å². The zero-order valence-electron chi connectivity index (χ0n) is 10.6. The molecule has 1 heterocycles. The van der Waals surface area contributed by atoms with Crippen molar-refractivity contribution in [1.82, 2.24) is 5.32 Å². The number of thioether (sulfide) groups is 1. The minimum absolute atomic E-state index is 0.106. The lowest BCUT2D eigenvalue weighted by molar-refractivity contribution is -0.143. The molecule has 1 amide bonds. The van der Waals surface area contributed by atoms with Gasteiger partial charge in [0.1, 0.15) is 13.2 Å². The molecule has 1 aromatic carbocycles. The number of carbonyl (C=O) groups is 2. The number of rotatable bonds is 5. The molecule has 1 atom stereocenters. The zero-order valence-corrected chi connectivity index (χ0v) is 12.2. The van der Waals surface area contributed by atoms with Crippen molar-refractivity contribution < 1.29 is 19.4 Å². The molecule has 2 N–H and O–H groups in total. The van der Waals surface area contributed by atoms with E-state index in [1.54, 1.807) is 11.8 Å². The summed E-state index contributed by atoms with van der Waals surface area (Å²) < 4.78 is 4.77. The lowest BCUT2D eigenvalue weighted by Crippen LogP contribution is -2.33. The number of carbonyl (C=O) groups excluding carboxylic acids is 1. The van der Waals surface area contributed by atoms with Gasteiger partial charge in [-0.2, -0.15) is 0 Å². The maximum absolute atomic E-state index is 11.7. The lowest BCUT2D eigenvalue weighted by atomic mass is 10.0. The summed E-state index contributed by atoms with van der Waals surface area (Å²) in [5.41, 5.74) is 1.00. The molecule has 0 aromatic heterocycles. The van der Waals surface area contributed by atoms with Crippen LogP contribution in [0.1, 0.15) is 18.0 Å². The fourth-order valence-electron chi connectivity index (χ4n) is 1.98. The van der Waals surface area contributed by atoms with Crippen molar-refractivity contribution in [3.05, 3.63) is 28.8 Å². The van der Waals surface area contributed by atoms with Gasteiger partial charge < -0.3 is 15.2 Å². The molecule has 0 aliphatic carbocycles. The Balaban J connectivity index is 1.96. The topological polar surface area (TPSA) is 75.6 Å². The summed E-state index contributed by atoms with van der Waals surface area (Å²) in [6.45, 7) is -0.734. The molecule has 5 nitrogen and oxygen atoms in total. The van der Waals surface area contributed by atoms with Crippen molar-refractivity contribution >= 4 is 35.2 Å². The van der Waals surface area contributed by atoms with Crippen LogP contribution in [0.25, 0.3) is 0 Å². The molecular weight excluding hydrogens is 302 g/mol. The maximum Gasteiger partial charge on any atom is 0.329 e. The van der Waals surface area contributed by atoms with Crippen molar-refractivity contribution in [2.45, 2.75) is 17.4 Å². The second kappa shape index (κ2) is 6.97. The average molecular weight is 316 g/mol. The van der Waals surface area contributed by atoms with E-state index in [2.05, 4.69) is 5.32 Å². The summed E-state index contributed by atoms with van der Waals surface area (Å²) in [6.07, 6.45) is 0.808. The predicted molar refractivity (Wildman–Crippen MR) is 76.1 cm³/mol. The number of hydrogen-bond acceptors (Lipinski definition) is 4. The van der Waals surface area contributed by atoms with Crippen LogP contribution in [0.2, 0.25) is 5.02 Å². The maximum atomic E-state index is 11.7. The highest BCUT2D eigenvalue weighted by molar-refractivity contribution is 7.99. The Hall–Kier alpha value is -1.24. The van der Waals surface area contributed by atoms with Crippen molar-refractivity contribution in [2.24, 2.45) is 0 Å². The van der Waals surface area contributed by atoms with E-state index in [0.717, 1.165) is 22.6 Å². The van der Waals surface area contributed by atoms with Crippen molar-refractivity contribution in [2.75, 3.05) is 19.0 Å². The first kappa shape index (κ1) is 15.2. The Bertz CT molecular complexity index is 523. The fraction of sp³-hybridized carbons (Fsp3) is 0.385. The van der Waals surface area contributed by atoms with E-state index in [1.165, 1.54) is 0 Å². The molecule has 108 valence electrons. The molecule has 2 rings (SSSR count). The second-order valence-corrected chi connectivity index (χ2v) is 5.90. The number of aliphatic carboxylic acids is 1. The van der Waals surface area contributed by atoms with Gasteiger partial charge in [0, 0.05) is 15.7 Å². The number of benzene rings is 1. The van der Waals surface area contributed by atoms with Crippen LogP contribution in [0.3, 0.4) is 0 Å². The summed E-state index contributed by atoms with van der Waals surface area (Å²) in [5.74, 6) is -0.506. The summed E-state index contributed by atoms with van der Waals surface area (Å²) in [7, 11) is 0. The minimum Gasteiger partial charge on any atom is -0.480 e. The number of carboxylic acids is 1. The van der Waals surface area contributed by atoms with Gasteiger partial charge in [0.05, 0.1) is 6.04 Å². The molecule has 1 unspecified atom stereocenters. The first-order valence-electron chi connectivity index (χ1n) is 6.07. The van der Waals surface area contributed by atoms with Crippen LogP contribution in [0.15, 0.2) is 23.1 Å². The highest BCUT2D eigenvalue weighted by Gasteiger charge is 2.22. The third-order valence-corrected chi connectivity index (χ3v) is 4.16. The molecule has 7 heteroatoms. The Morgan fingerprint density at radius 3 is 3.00 bits per heavy atom. The number of carboxylic acid groups (broad SMARTS) is 1. The Kier molecular flexibility index (Phi) is 5.28. The van der Waals surface area contributed by atoms with Gasteiger partial charge in [-0.25, -0.2) is 4.79 Å². The Labute approximate surface area is 125 Å². The Morgan fingerprint density at radius 1 is 1.45 bits per heavy atom. The van der Waals surface area contributed by atoms with Gasteiger partial charge in [0.25, 0.3) is 0 Å². The molecule has 0 spiro atoms. The summed E-state index contributed by atoms with van der Waals surface area (Å²) in [5, 5.41) is 11.9. The molecule has 20 heavy (non-hydrogen) atoms. The Morgan fingerprint density at radius 2 is 2.25 bits per heavy atom. The third kappa shape index (κ3) is 4.13. The summed E-state index contributed by atoms with van der Waals surface area (Å²) >= 11 is 7.72. The predicted octanol–water partition coefficient (Wildman–Crippen LogP) is 2.09. The van der Waals surface area contributed by atoms with Crippen LogP contribution in [0.5, 0.6) is 0 Å². The van der Waals surface area contributed by atoms with Crippen molar-refractivity contribution in [1.29, 1.82) is 0 Å². The zero-order chi connectivity index (χ0) is 14.5. The number of hydrogen-bond donors (Lipinski definition) is 2. The van der Waals surface area contributed by atoms with Gasteiger partial charge in [0.15, 0.2) is 0 Å². The largest absolute Gasteiger partial charge is 0.480 e. The van der Waals surface area contributed by atoms with Gasteiger partial charge in [0.2, 0.25) is 5.91 Å². The van der Waals surface area contributed by atoms with Crippen LogP contribution in [-0.2, 0) is 14.3 Å². The number of fused-ring (bicyclic) bond motifs is 1. The van der Waals surface area contributed by atoms with Gasteiger partial charge in [-0.05, 0) is 30.2 Å². The number of ether oxygens (including phenoxy) is 1. The van der Waals surface area contributed by atoms with E-state index in [9.17, 15) is 9.59 Å². The van der Waals surface area contributed by atoms with E-state index in [0.29, 0.717) is 5.02 Å². The first-order valence-corrected chi connectivity index (χ1v) is 7.44. The summed E-state index contributed by atoms with van der Waals surface area (Å²) in [4.78, 5) is 23.1. The third-order valence-electron chi connectivity index (χ3n) is 2.81. The van der Waals surface area contributed by atoms with Crippen molar-refractivity contribution in [3.8, 4) is 0 Å². The lowest BCUT2D eigenvalue weighted by Gasteiger charge is -2.26. The van der Waals surface area contributed by atoms with E-state index in [4.69, 9.17) is 21.4 Å². The van der Waals surface area contributed by atoms with Crippen LogP contribution < -0.4 is 5.32 Å². The quantitative estimate of drug-likeness (QED) is 0.870. The van der Waals surface area contributed by atoms with Gasteiger partial charge >= 0.3 is 5.97 Å². The molecular formula is C13H14ClNO4S. The number of halogens is 1. The highest BCUT2D eigenvalue weighted by atomic mass is 35.5. The second-order valence-electron chi connectivity index (χ2n) is 4.33. The van der Waals surface area contributed by atoms with E-state index >= 15 is 0 Å². The molecule has 1 aliphatic heterocycles. The standard InChI is InChI=1S/C13H14ClNO4S/c14-8-1-2-11-9(5-8)10(3-4-20-11)15-12(16)6-19-7-13(17)18/h1-2,5,10H,3-4,6-7H2,(H,15,16)(H,17,18). The highest BCUT2D eigenvalue weighted by Crippen LogP contribution is 2.37. The van der Waals surface area contributed by atoms with E-state index in [-0.39, 0.29) is 18.6 Å². The number of nitrogens with one attached hydrogen (secondary N) is 1. The van der Waals surface area contributed by atoms with Crippen molar-refractivity contribution in [3.63, 3.8) is 0 Å². The SMILES string of the molecule is O=C(O)COCC(=O)NC1CCSc2ccc(Cl)cc21. The van der Waals surface area contributed by atoms with Crippen LogP contribution in [0, 0.1) is 0 Å². The van der Waals surface area contributed by atoms with Crippen LogP contribution in [-0.4, -0.2) is 35.9 Å². The molecule has 0 radical (unpaired) electrons. The normalized spacial score (nSPS) is 17.4. The average Bonchev–Trinajstić information content (AvgIpc) is 2.39. The minimum atomic E-state index is -1.09. The molecule has 0 saturated heterocycles. The van der Waals surface area contributed by atoms with Gasteiger partial charge in [-0.1, -0.05) is 11.6 Å². The van der Waals surface area contributed by atoms with E-state index in [1.807, 2.05) is 18.2 Å². The first-order chi connectivity index (χ1) is 9.56. The smallest absolute Gasteiger partial charge is 0.329 e. The van der Waals surface area contributed by atoms with Crippen LogP contribution in [0.4, 0.5) is 0 Å². The van der Waals surface area contributed by atoms with Gasteiger partial charge in [-0.3, -0.25) is 4.79 Å².